The van der Waals surface area contributed by atoms with Crippen LogP contribution in [0.4, 0.5) is 0 Å². The summed E-state index contributed by atoms with van der Waals surface area (Å²) in [7, 11) is 0. The molecular formula is C14H13ClN2O2S. The van der Waals surface area contributed by atoms with Crippen LogP contribution in [0, 0.1) is 0 Å². The summed E-state index contributed by atoms with van der Waals surface area (Å²) in [6.45, 7) is 3.94. The number of halogens is 1. The quantitative estimate of drug-likeness (QED) is 0.921. The molecule has 2 aromatic rings. The van der Waals surface area contributed by atoms with Crippen molar-refractivity contribution in [3.63, 3.8) is 0 Å². The standard InChI is InChI=1S/C14H13ClN2O2S/c1-8(2)11-6-9(14(18)19)7-12(17-11)20-13-10(15)4-3-5-16-13/h3-8H,1-2H3,(H,18,19). The van der Waals surface area contributed by atoms with E-state index in [2.05, 4.69) is 9.97 Å². The Labute approximate surface area is 126 Å². The first kappa shape index (κ1) is 14.8. The molecular weight excluding hydrogens is 296 g/mol. The summed E-state index contributed by atoms with van der Waals surface area (Å²) in [6.07, 6.45) is 1.64. The van der Waals surface area contributed by atoms with Gasteiger partial charge in [-0.05, 0) is 41.9 Å². The van der Waals surface area contributed by atoms with Crippen LogP contribution in [0.3, 0.4) is 0 Å². The molecule has 0 saturated heterocycles. The summed E-state index contributed by atoms with van der Waals surface area (Å²) in [6, 6.07) is 6.61. The molecule has 2 aromatic heterocycles. The SMILES string of the molecule is CC(C)c1cc(C(=O)O)cc(Sc2ncccc2Cl)n1. The Morgan fingerprint density at radius 2 is 2.15 bits per heavy atom. The van der Waals surface area contributed by atoms with Gasteiger partial charge in [-0.25, -0.2) is 14.8 Å². The fourth-order valence-electron chi connectivity index (χ4n) is 1.54. The van der Waals surface area contributed by atoms with E-state index < -0.39 is 5.97 Å². The van der Waals surface area contributed by atoms with Crippen LogP contribution >= 0.6 is 23.4 Å². The molecule has 20 heavy (non-hydrogen) atoms. The first-order valence-electron chi connectivity index (χ1n) is 6.01. The second-order valence-corrected chi connectivity index (χ2v) is 5.89. The van der Waals surface area contributed by atoms with Gasteiger partial charge in [-0.15, -0.1) is 0 Å². The van der Waals surface area contributed by atoms with Crippen LogP contribution in [0.2, 0.25) is 5.02 Å². The van der Waals surface area contributed by atoms with E-state index in [9.17, 15) is 4.79 Å². The Balaban J connectivity index is 2.41. The van der Waals surface area contributed by atoms with Crippen LogP contribution < -0.4 is 0 Å². The van der Waals surface area contributed by atoms with Crippen molar-refractivity contribution in [3.05, 3.63) is 46.7 Å². The molecule has 2 heterocycles. The third-order valence-corrected chi connectivity index (χ3v) is 3.94. The highest BCUT2D eigenvalue weighted by atomic mass is 35.5. The van der Waals surface area contributed by atoms with Gasteiger partial charge in [0.05, 0.1) is 10.6 Å². The van der Waals surface area contributed by atoms with Crippen LogP contribution in [0.1, 0.15) is 35.8 Å². The Morgan fingerprint density at radius 3 is 2.75 bits per heavy atom. The van der Waals surface area contributed by atoms with E-state index in [1.807, 2.05) is 13.8 Å². The number of aromatic nitrogens is 2. The second-order valence-electron chi connectivity index (χ2n) is 4.47. The van der Waals surface area contributed by atoms with Crippen LogP contribution in [-0.2, 0) is 0 Å². The lowest BCUT2D eigenvalue weighted by molar-refractivity contribution is 0.0696. The number of pyridine rings is 2. The number of carbonyl (C=O) groups is 1. The highest BCUT2D eigenvalue weighted by molar-refractivity contribution is 7.99. The average molecular weight is 309 g/mol. The Hall–Kier alpha value is -1.59. The normalized spacial score (nSPS) is 10.8. The molecule has 0 aliphatic rings. The lowest BCUT2D eigenvalue weighted by atomic mass is 10.1. The summed E-state index contributed by atoms with van der Waals surface area (Å²) >= 11 is 7.31. The van der Waals surface area contributed by atoms with Gasteiger partial charge in [0.25, 0.3) is 0 Å². The van der Waals surface area contributed by atoms with Crippen molar-refractivity contribution in [3.8, 4) is 0 Å². The molecule has 0 saturated carbocycles. The topological polar surface area (TPSA) is 63.1 Å². The van der Waals surface area contributed by atoms with Gasteiger partial charge < -0.3 is 5.11 Å². The van der Waals surface area contributed by atoms with Crippen LogP contribution in [0.25, 0.3) is 0 Å². The highest BCUT2D eigenvalue weighted by Crippen LogP contribution is 2.31. The van der Waals surface area contributed by atoms with Gasteiger partial charge in [-0.2, -0.15) is 0 Å². The van der Waals surface area contributed by atoms with E-state index in [0.717, 1.165) is 5.69 Å². The van der Waals surface area contributed by atoms with E-state index >= 15 is 0 Å². The van der Waals surface area contributed by atoms with Gasteiger partial charge in [0.1, 0.15) is 10.1 Å². The number of hydrogen-bond acceptors (Lipinski definition) is 4. The van der Waals surface area contributed by atoms with Crippen LogP contribution in [0.5, 0.6) is 0 Å². The predicted octanol–water partition coefficient (Wildman–Crippen LogP) is 4.10. The number of carboxylic acid groups (broad SMARTS) is 1. The monoisotopic (exact) mass is 308 g/mol. The molecule has 0 fully saturated rings. The summed E-state index contributed by atoms with van der Waals surface area (Å²) < 4.78 is 0. The largest absolute Gasteiger partial charge is 0.478 e. The van der Waals surface area contributed by atoms with E-state index in [-0.39, 0.29) is 11.5 Å². The third-order valence-electron chi connectivity index (χ3n) is 2.59. The van der Waals surface area contributed by atoms with Crippen molar-refractivity contribution in [1.82, 2.24) is 9.97 Å². The summed E-state index contributed by atoms with van der Waals surface area (Å²) in [5.74, 6) is -0.823. The second kappa shape index (κ2) is 6.24. The van der Waals surface area contributed by atoms with Gasteiger partial charge >= 0.3 is 5.97 Å². The molecule has 0 bridgehead atoms. The number of hydrogen-bond donors (Lipinski definition) is 1. The number of rotatable bonds is 4. The maximum Gasteiger partial charge on any atom is 0.335 e. The summed E-state index contributed by atoms with van der Waals surface area (Å²) in [5.41, 5.74) is 0.956. The number of nitrogens with zero attached hydrogens (tertiary/aromatic N) is 2. The molecule has 0 radical (unpaired) electrons. The molecule has 0 unspecified atom stereocenters. The van der Waals surface area contributed by atoms with Crippen molar-refractivity contribution in [1.29, 1.82) is 0 Å². The van der Waals surface area contributed by atoms with E-state index in [1.54, 1.807) is 24.4 Å². The minimum absolute atomic E-state index is 0.146. The van der Waals surface area contributed by atoms with E-state index in [4.69, 9.17) is 16.7 Å². The lowest BCUT2D eigenvalue weighted by Gasteiger charge is -2.09. The summed E-state index contributed by atoms with van der Waals surface area (Å²) in [4.78, 5) is 19.8. The van der Waals surface area contributed by atoms with Crippen LogP contribution in [0.15, 0.2) is 40.5 Å². The maximum atomic E-state index is 11.2. The zero-order chi connectivity index (χ0) is 14.7. The van der Waals surface area contributed by atoms with Gasteiger partial charge in [0.2, 0.25) is 0 Å². The molecule has 6 heteroatoms. The molecule has 4 nitrogen and oxygen atoms in total. The summed E-state index contributed by atoms with van der Waals surface area (Å²) in [5, 5.41) is 10.9. The predicted molar refractivity (Wildman–Crippen MR) is 78.7 cm³/mol. The first-order chi connectivity index (χ1) is 9.47. The van der Waals surface area contributed by atoms with Crippen molar-refractivity contribution in [2.24, 2.45) is 0 Å². The Bertz CT molecular complexity index is 647. The van der Waals surface area contributed by atoms with Crippen LogP contribution in [-0.4, -0.2) is 21.0 Å². The van der Waals surface area contributed by atoms with E-state index in [0.29, 0.717) is 15.1 Å². The Kier molecular flexibility index (Phi) is 4.62. The fourth-order valence-corrected chi connectivity index (χ4v) is 2.59. The molecule has 0 amide bonds. The zero-order valence-corrected chi connectivity index (χ0v) is 12.6. The average Bonchev–Trinajstić information content (AvgIpc) is 2.41. The van der Waals surface area contributed by atoms with Gasteiger partial charge in [-0.1, -0.05) is 25.4 Å². The minimum Gasteiger partial charge on any atom is -0.478 e. The Morgan fingerprint density at radius 1 is 1.40 bits per heavy atom. The van der Waals surface area contributed by atoms with Crippen molar-refractivity contribution in [2.45, 2.75) is 29.8 Å². The fraction of sp³-hybridized carbons (Fsp3) is 0.214. The molecule has 0 aliphatic heterocycles. The molecule has 0 aromatic carbocycles. The molecule has 104 valence electrons. The van der Waals surface area contributed by atoms with Crippen molar-refractivity contribution >= 4 is 29.3 Å². The third kappa shape index (κ3) is 3.49. The highest BCUT2D eigenvalue weighted by Gasteiger charge is 2.13. The maximum absolute atomic E-state index is 11.2. The molecule has 0 aliphatic carbocycles. The lowest BCUT2D eigenvalue weighted by Crippen LogP contribution is -2.02. The minimum atomic E-state index is -0.969. The number of carboxylic acids is 1. The van der Waals surface area contributed by atoms with Gasteiger partial charge in [0.15, 0.2) is 0 Å². The molecule has 2 rings (SSSR count). The van der Waals surface area contributed by atoms with Gasteiger partial charge in [-0.3, -0.25) is 0 Å². The van der Waals surface area contributed by atoms with Crippen molar-refractivity contribution in [2.75, 3.05) is 0 Å². The zero-order valence-electron chi connectivity index (χ0n) is 11.0. The molecule has 0 atom stereocenters. The number of aromatic carboxylic acids is 1. The van der Waals surface area contributed by atoms with Gasteiger partial charge in [0, 0.05) is 11.9 Å². The first-order valence-corrected chi connectivity index (χ1v) is 7.20. The molecule has 1 N–H and O–H groups in total. The smallest absolute Gasteiger partial charge is 0.335 e. The molecule has 0 spiro atoms. The van der Waals surface area contributed by atoms with E-state index in [1.165, 1.54) is 17.8 Å². The van der Waals surface area contributed by atoms with Crippen molar-refractivity contribution < 1.29 is 9.90 Å².